The van der Waals surface area contributed by atoms with E-state index in [4.69, 9.17) is 5.11 Å². The predicted octanol–water partition coefficient (Wildman–Crippen LogP) is 3.46. The Balaban J connectivity index is 2.10. The minimum Gasteiger partial charge on any atom is -0.396 e. The molecule has 5 heteroatoms. The molecule has 0 spiro atoms. The standard InChI is InChI=1S/C16H17N3OS/c1-11-18-15(17-8-5-9-20)14-13(10-21-16(14)19-11)12-6-3-2-4-7-12/h2-4,6-7,10,20H,5,8-9H2,1H3,(H,17,18,19). The zero-order valence-electron chi connectivity index (χ0n) is 11.8. The van der Waals surface area contributed by atoms with Crippen molar-refractivity contribution in [3.05, 3.63) is 41.5 Å². The number of anilines is 1. The summed E-state index contributed by atoms with van der Waals surface area (Å²) in [4.78, 5) is 10.1. The van der Waals surface area contributed by atoms with Crippen LogP contribution in [0.15, 0.2) is 35.7 Å². The first-order valence-corrected chi connectivity index (χ1v) is 7.83. The van der Waals surface area contributed by atoms with Crippen LogP contribution in [0.2, 0.25) is 0 Å². The minimum atomic E-state index is 0.176. The summed E-state index contributed by atoms with van der Waals surface area (Å²) < 4.78 is 0. The zero-order valence-corrected chi connectivity index (χ0v) is 12.7. The number of hydrogen-bond acceptors (Lipinski definition) is 5. The highest BCUT2D eigenvalue weighted by Gasteiger charge is 2.13. The third-order valence-electron chi connectivity index (χ3n) is 3.26. The maximum Gasteiger partial charge on any atom is 0.139 e. The van der Waals surface area contributed by atoms with Crippen molar-refractivity contribution in [3.63, 3.8) is 0 Å². The Hall–Kier alpha value is -1.98. The Labute approximate surface area is 127 Å². The molecule has 0 aliphatic heterocycles. The molecule has 0 fully saturated rings. The zero-order chi connectivity index (χ0) is 14.7. The molecule has 4 nitrogen and oxygen atoms in total. The van der Waals surface area contributed by atoms with Crippen LogP contribution in [0.4, 0.5) is 5.82 Å². The van der Waals surface area contributed by atoms with E-state index < -0.39 is 0 Å². The van der Waals surface area contributed by atoms with E-state index >= 15 is 0 Å². The Kier molecular flexibility index (Phi) is 4.13. The summed E-state index contributed by atoms with van der Waals surface area (Å²) in [6.45, 7) is 2.78. The maximum atomic E-state index is 8.93. The Morgan fingerprint density at radius 2 is 2.00 bits per heavy atom. The first-order valence-electron chi connectivity index (χ1n) is 6.95. The molecule has 108 valence electrons. The Bertz CT molecular complexity index is 740. The van der Waals surface area contributed by atoms with Gasteiger partial charge in [0, 0.05) is 24.1 Å². The number of benzene rings is 1. The second-order valence-corrected chi connectivity index (χ2v) is 5.68. The molecule has 0 saturated heterocycles. The molecule has 0 aliphatic carbocycles. The first-order chi connectivity index (χ1) is 10.3. The van der Waals surface area contributed by atoms with Gasteiger partial charge < -0.3 is 10.4 Å². The fourth-order valence-corrected chi connectivity index (χ4v) is 3.29. The summed E-state index contributed by atoms with van der Waals surface area (Å²) in [5.74, 6) is 1.61. The van der Waals surface area contributed by atoms with Crippen LogP contribution in [0.3, 0.4) is 0 Å². The lowest BCUT2D eigenvalue weighted by atomic mass is 10.1. The molecule has 0 unspecified atom stereocenters. The van der Waals surface area contributed by atoms with Crippen LogP contribution in [0.25, 0.3) is 21.3 Å². The molecule has 2 heterocycles. The van der Waals surface area contributed by atoms with Gasteiger partial charge in [0.2, 0.25) is 0 Å². The lowest BCUT2D eigenvalue weighted by Crippen LogP contribution is -2.06. The van der Waals surface area contributed by atoms with Crippen LogP contribution in [0, 0.1) is 6.92 Å². The van der Waals surface area contributed by atoms with Crippen LogP contribution in [0.5, 0.6) is 0 Å². The summed E-state index contributed by atoms with van der Waals surface area (Å²) in [5, 5.41) is 15.5. The second kappa shape index (κ2) is 6.20. The molecule has 1 aromatic carbocycles. The average Bonchev–Trinajstić information content (AvgIpc) is 2.92. The largest absolute Gasteiger partial charge is 0.396 e. The molecule has 2 aromatic heterocycles. The predicted molar refractivity (Wildman–Crippen MR) is 87.8 cm³/mol. The number of hydrogen-bond donors (Lipinski definition) is 2. The average molecular weight is 299 g/mol. The normalized spacial score (nSPS) is 11.0. The van der Waals surface area contributed by atoms with Crippen molar-refractivity contribution < 1.29 is 5.11 Å². The van der Waals surface area contributed by atoms with Crippen molar-refractivity contribution in [2.75, 3.05) is 18.5 Å². The third-order valence-corrected chi connectivity index (χ3v) is 4.13. The van der Waals surface area contributed by atoms with Gasteiger partial charge in [-0.05, 0) is 18.9 Å². The number of aliphatic hydroxyl groups is 1. The molecule has 0 amide bonds. The minimum absolute atomic E-state index is 0.176. The quantitative estimate of drug-likeness (QED) is 0.708. The molecule has 21 heavy (non-hydrogen) atoms. The van der Waals surface area contributed by atoms with Crippen LogP contribution in [0.1, 0.15) is 12.2 Å². The topological polar surface area (TPSA) is 58.0 Å². The number of nitrogens with zero attached hydrogens (tertiary/aromatic N) is 2. The Morgan fingerprint density at radius 1 is 1.19 bits per heavy atom. The highest BCUT2D eigenvalue weighted by molar-refractivity contribution is 7.17. The summed E-state index contributed by atoms with van der Waals surface area (Å²) in [7, 11) is 0. The molecule has 0 saturated carbocycles. The summed E-state index contributed by atoms with van der Waals surface area (Å²) in [6.07, 6.45) is 0.704. The van der Waals surface area contributed by atoms with Gasteiger partial charge in [0.25, 0.3) is 0 Å². The van der Waals surface area contributed by atoms with Crippen molar-refractivity contribution in [2.45, 2.75) is 13.3 Å². The molecule has 0 bridgehead atoms. The van der Waals surface area contributed by atoms with E-state index in [2.05, 4.69) is 32.8 Å². The van der Waals surface area contributed by atoms with Gasteiger partial charge >= 0.3 is 0 Å². The molecule has 3 rings (SSSR count). The van der Waals surface area contributed by atoms with Gasteiger partial charge in [-0.15, -0.1) is 11.3 Å². The maximum absolute atomic E-state index is 8.93. The monoisotopic (exact) mass is 299 g/mol. The lowest BCUT2D eigenvalue weighted by Gasteiger charge is -2.09. The fourth-order valence-electron chi connectivity index (χ4n) is 2.29. The van der Waals surface area contributed by atoms with Gasteiger partial charge in [-0.25, -0.2) is 9.97 Å². The molecule has 0 aliphatic rings. The highest BCUT2D eigenvalue weighted by Crippen LogP contribution is 2.36. The highest BCUT2D eigenvalue weighted by atomic mass is 32.1. The number of aromatic nitrogens is 2. The van der Waals surface area contributed by atoms with E-state index in [0.29, 0.717) is 13.0 Å². The molecule has 0 radical (unpaired) electrons. The van der Waals surface area contributed by atoms with Crippen LogP contribution in [-0.2, 0) is 0 Å². The van der Waals surface area contributed by atoms with Crippen molar-refractivity contribution >= 4 is 27.4 Å². The van der Waals surface area contributed by atoms with Gasteiger partial charge in [-0.2, -0.15) is 0 Å². The van der Waals surface area contributed by atoms with E-state index in [0.717, 1.165) is 27.4 Å². The van der Waals surface area contributed by atoms with Gasteiger partial charge in [0.05, 0.1) is 5.39 Å². The smallest absolute Gasteiger partial charge is 0.139 e. The number of fused-ring (bicyclic) bond motifs is 1. The van der Waals surface area contributed by atoms with Crippen molar-refractivity contribution in [1.82, 2.24) is 9.97 Å². The SMILES string of the molecule is Cc1nc(NCCCO)c2c(-c3ccccc3)csc2n1. The molecular weight excluding hydrogens is 282 g/mol. The van der Waals surface area contributed by atoms with E-state index in [9.17, 15) is 0 Å². The molecular formula is C16H17N3OS. The van der Waals surface area contributed by atoms with Crippen LogP contribution < -0.4 is 5.32 Å². The summed E-state index contributed by atoms with van der Waals surface area (Å²) >= 11 is 1.64. The number of rotatable bonds is 5. The van der Waals surface area contributed by atoms with E-state index in [1.54, 1.807) is 11.3 Å². The van der Waals surface area contributed by atoms with Gasteiger partial charge in [-0.1, -0.05) is 30.3 Å². The van der Waals surface area contributed by atoms with Crippen molar-refractivity contribution in [3.8, 4) is 11.1 Å². The second-order valence-electron chi connectivity index (χ2n) is 4.82. The summed E-state index contributed by atoms with van der Waals surface area (Å²) in [5.41, 5.74) is 2.32. The fraction of sp³-hybridized carbons (Fsp3) is 0.250. The number of aliphatic hydroxyl groups excluding tert-OH is 1. The number of aryl methyl sites for hydroxylation is 1. The molecule has 0 atom stereocenters. The van der Waals surface area contributed by atoms with Gasteiger partial charge in [0.1, 0.15) is 16.5 Å². The molecule has 2 N–H and O–H groups in total. The van der Waals surface area contributed by atoms with Gasteiger partial charge in [-0.3, -0.25) is 0 Å². The van der Waals surface area contributed by atoms with E-state index in [1.165, 1.54) is 5.56 Å². The Morgan fingerprint density at radius 3 is 2.76 bits per heavy atom. The third kappa shape index (κ3) is 2.89. The van der Waals surface area contributed by atoms with Crippen molar-refractivity contribution in [2.24, 2.45) is 0 Å². The van der Waals surface area contributed by atoms with E-state index in [-0.39, 0.29) is 6.61 Å². The lowest BCUT2D eigenvalue weighted by molar-refractivity contribution is 0.292. The molecule has 3 aromatic rings. The van der Waals surface area contributed by atoms with Crippen LogP contribution in [-0.4, -0.2) is 28.2 Å². The van der Waals surface area contributed by atoms with Crippen molar-refractivity contribution in [1.29, 1.82) is 0 Å². The van der Waals surface area contributed by atoms with Crippen LogP contribution >= 0.6 is 11.3 Å². The van der Waals surface area contributed by atoms with Gasteiger partial charge in [0.15, 0.2) is 0 Å². The van der Waals surface area contributed by atoms with E-state index in [1.807, 2.05) is 25.1 Å². The summed E-state index contributed by atoms with van der Waals surface area (Å²) in [6, 6.07) is 10.3. The first kappa shape index (κ1) is 14.0. The number of thiophene rings is 1. The number of nitrogens with one attached hydrogen (secondary N) is 1.